The summed E-state index contributed by atoms with van der Waals surface area (Å²) in [4.78, 5) is 14.1. The van der Waals surface area contributed by atoms with Crippen LogP contribution in [0.25, 0.3) is 0 Å². The monoisotopic (exact) mass is 284 g/mol. The van der Waals surface area contributed by atoms with Crippen LogP contribution < -0.4 is 5.73 Å². The quantitative estimate of drug-likeness (QED) is 0.899. The van der Waals surface area contributed by atoms with Gasteiger partial charge in [-0.2, -0.15) is 5.10 Å². The van der Waals surface area contributed by atoms with Gasteiger partial charge in [-0.25, -0.2) is 0 Å². The lowest BCUT2D eigenvalue weighted by molar-refractivity contribution is -0.124. The topological polar surface area (TPSA) is 75.0 Å². The Morgan fingerprint density at radius 2 is 1.95 bits per heavy atom. The summed E-state index contributed by atoms with van der Waals surface area (Å²) in [6, 6.07) is 11.5. The first-order valence-corrected chi connectivity index (χ1v) is 7.33. The Hall–Kier alpha value is -2.14. The predicted octanol–water partition coefficient (Wildman–Crippen LogP) is 1.82. The Morgan fingerprint density at radius 3 is 2.52 bits per heavy atom. The average molecular weight is 284 g/mol. The first kappa shape index (κ1) is 13.8. The van der Waals surface area contributed by atoms with E-state index in [4.69, 9.17) is 5.73 Å². The molecule has 1 fully saturated rings. The number of hydrogen-bond donors (Lipinski definition) is 2. The smallest absolute Gasteiger partial charge is 0.239 e. The molecule has 1 unspecified atom stereocenters. The normalized spacial score (nSPS) is 18.5. The number of carbonyl (C=O) groups excluding carboxylic acids is 1. The van der Waals surface area contributed by atoms with Gasteiger partial charge < -0.3 is 5.73 Å². The van der Waals surface area contributed by atoms with E-state index in [0.29, 0.717) is 5.92 Å². The number of H-pyrrole nitrogens is 1. The van der Waals surface area contributed by atoms with Gasteiger partial charge in [-0.15, -0.1) is 0 Å². The minimum Gasteiger partial charge on any atom is -0.368 e. The minimum atomic E-state index is -0.325. The number of aromatic nitrogens is 2. The highest BCUT2D eigenvalue weighted by molar-refractivity contribution is 5.81. The van der Waals surface area contributed by atoms with Gasteiger partial charge in [-0.3, -0.25) is 14.8 Å². The second kappa shape index (κ2) is 6.10. The van der Waals surface area contributed by atoms with Crippen LogP contribution in [-0.4, -0.2) is 34.1 Å². The molecule has 1 saturated heterocycles. The van der Waals surface area contributed by atoms with Gasteiger partial charge in [-0.1, -0.05) is 30.3 Å². The maximum atomic E-state index is 11.9. The standard InChI is InChI=1S/C16H20N4O/c17-16(21)15(13-4-2-1-3-5-13)20-10-7-12(8-11-20)14-6-9-18-19-14/h1-6,9,12,15H,7-8,10-11H2,(H2,17,21)(H,18,19). The molecule has 0 radical (unpaired) electrons. The highest BCUT2D eigenvalue weighted by Crippen LogP contribution is 2.31. The van der Waals surface area contributed by atoms with E-state index in [2.05, 4.69) is 15.1 Å². The molecule has 1 aromatic carbocycles. The second-order valence-corrected chi connectivity index (χ2v) is 5.54. The van der Waals surface area contributed by atoms with Gasteiger partial charge in [0.05, 0.1) is 0 Å². The SMILES string of the molecule is NC(=O)C(c1ccccc1)N1CCC(c2ccn[nH]2)CC1. The van der Waals surface area contributed by atoms with Gasteiger partial charge >= 0.3 is 0 Å². The first-order chi connectivity index (χ1) is 10.3. The van der Waals surface area contributed by atoms with Gasteiger partial charge in [0, 0.05) is 17.8 Å². The molecule has 0 spiro atoms. The number of nitrogens with two attached hydrogens (primary N) is 1. The van der Waals surface area contributed by atoms with Crippen molar-refractivity contribution in [3.05, 3.63) is 53.9 Å². The van der Waals surface area contributed by atoms with Gasteiger partial charge in [0.1, 0.15) is 6.04 Å². The maximum Gasteiger partial charge on any atom is 0.239 e. The van der Waals surface area contributed by atoms with Crippen LogP contribution in [0.15, 0.2) is 42.6 Å². The van der Waals surface area contributed by atoms with E-state index >= 15 is 0 Å². The van der Waals surface area contributed by atoms with Crippen molar-refractivity contribution in [1.82, 2.24) is 15.1 Å². The number of nitrogens with zero attached hydrogens (tertiary/aromatic N) is 2. The van der Waals surface area contributed by atoms with Gasteiger partial charge in [0.25, 0.3) is 0 Å². The summed E-state index contributed by atoms with van der Waals surface area (Å²) in [5.74, 6) is 0.217. The number of primary amides is 1. The highest BCUT2D eigenvalue weighted by Gasteiger charge is 2.30. The number of aromatic amines is 1. The van der Waals surface area contributed by atoms with Gasteiger partial charge in [-0.05, 0) is 37.6 Å². The third-order valence-corrected chi connectivity index (χ3v) is 4.24. The summed E-state index contributed by atoms with van der Waals surface area (Å²) in [5, 5.41) is 7.06. The number of nitrogens with one attached hydrogen (secondary N) is 1. The number of amides is 1. The zero-order chi connectivity index (χ0) is 14.7. The van der Waals surface area contributed by atoms with E-state index in [1.165, 1.54) is 5.69 Å². The van der Waals surface area contributed by atoms with Crippen LogP contribution in [-0.2, 0) is 4.79 Å². The number of piperidine rings is 1. The lowest BCUT2D eigenvalue weighted by atomic mass is 9.91. The molecular formula is C16H20N4O. The van der Waals surface area contributed by atoms with E-state index < -0.39 is 0 Å². The van der Waals surface area contributed by atoms with Crippen molar-refractivity contribution in [2.24, 2.45) is 5.73 Å². The number of hydrogen-bond acceptors (Lipinski definition) is 3. The molecule has 5 nitrogen and oxygen atoms in total. The van der Waals surface area contributed by atoms with Crippen LogP contribution in [0.3, 0.4) is 0 Å². The third kappa shape index (κ3) is 2.97. The van der Waals surface area contributed by atoms with Crippen LogP contribution in [0, 0.1) is 0 Å². The van der Waals surface area contributed by atoms with Crippen molar-refractivity contribution in [2.75, 3.05) is 13.1 Å². The lowest BCUT2D eigenvalue weighted by Crippen LogP contribution is -2.42. The van der Waals surface area contributed by atoms with Crippen molar-refractivity contribution >= 4 is 5.91 Å². The fourth-order valence-corrected chi connectivity index (χ4v) is 3.15. The molecule has 0 aliphatic carbocycles. The Bertz CT molecular complexity index is 574. The summed E-state index contributed by atoms with van der Waals surface area (Å²) < 4.78 is 0. The van der Waals surface area contributed by atoms with E-state index in [1.54, 1.807) is 6.20 Å². The molecule has 1 atom stereocenters. The Kier molecular flexibility index (Phi) is 4.01. The lowest BCUT2D eigenvalue weighted by Gasteiger charge is -2.36. The molecule has 3 N–H and O–H groups in total. The molecule has 2 aromatic rings. The molecule has 5 heteroatoms. The molecule has 110 valence electrons. The van der Waals surface area contributed by atoms with Crippen molar-refractivity contribution in [3.63, 3.8) is 0 Å². The Labute approximate surface area is 124 Å². The van der Waals surface area contributed by atoms with Crippen LogP contribution in [0.1, 0.15) is 36.1 Å². The molecule has 21 heavy (non-hydrogen) atoms. The molecule has 0 saturated carbocycles. The zero-order valence-corrected chi connectivity index (χ0v) is 11.9. The Balaban J connectivity index is 1.71. The molecule has 0 bridgehead atoms. The largest absolute Gasteiger partial charge is 0.368 e. The van der Waals surface area contributed by atoms with Crippen LogP contribution in [0.4, 0.5) is 0 Å². The van der Waals surface area contributed by atoms with Crippen molar-refractivity contribution in [1.29, 1.82) is 0 Å². The van der Waals surface area contributed by atoms with E-state index in [9.17, 15) is 4.79 Å². The van der Waals surface area contributed by atoms with Crippen LogP contribution in [0.5, 0.6) is 0 Å². The number of likely N-dealkylation sites (tertiary alicyclic amines) is 1. The summed E-state index contributed by atoms with van der Waals surface area (Å²) in [5.41, 5.74) is 7.79. The Morgan fingerprint density at radius 1 is 1.24 bits per heavy atom. The molecule has 2 heterocycles. The average Bonchev–Trinajstić information content (AvgIpc) is 3.03. The summed E-state index contributed by atoms with van der Waals surface area (Å²) in [6.45, 7) is 1.73. The van der Waals surface area contributed by atoms with E-state index in [-0.39, 0.29) is 11.9 Å². The minimum absolute atomic E-state index is 0.277. The molecule has 1 aliphatic rings. The predicted molar refractivity (Wildman–Crippen MR) is 80.5 cm³/mol. The van der Waals surface area contributed by atoms with Gasteiger partial charge in [0.15, 0.2) is 0 Å². The first-order valence-electron chi connectivity index (χ1n) is 7.33. The molecular weight excluding hydrogens is 264 g/mol. The fourth-order valence-electron chi connectivity index (χ4n) is 3.15. The summed E-state index contributed by atoms with van der Waals surface area (Å²) in [6.07, 6.45) is 3.81. The zero-order valence-electron chi connectivity index (χ0n) is 11.9. The molecule has 3 rings (SSSR count). The van der Waals surface area contributed by atoms with Crippen LogP contribution in [0.2, 0.25) is 0 Å². The van der Waals surface area contributed by atoms with Crippen molar-refractivity contribution in [3.8, 4) is 0 Å². The summed E-state index contributed by atoms with van der Waals surface area (Å²) >= 11 is 0. The van der Waals surface area contributed by atoms with Crippen LogP contribution >= 0.6 is 0 Å². The van der Waals surface area contributed by atoms with Crippen molar-refractivity contribution in [2.45, 2.75) is 24.8 Å². The van der Waals surface area contributed by atoms with Crippen molar-refractivity contribution < 1.29 is 4.79 Å². The molecule has 1 aromatic heterocycles. The highest BCUT2D eigenvalue weighted by atomic mass is 16.1. The maximum absolute atomic E-state index is 11.9. The summed E-state index contributed by atoms with van der Waals surface area (Å²) in [7, 11) is 0. The molecule has 1 aliphatic heterocycles. The van der Waals surface area contributed by atoms with E-state index in [1.807, 2.05) is 36.4 Å². The molecule has 1 amide bonds. The van der Waals surface area contributed by atoms with E-state index in [0.717, 1.165) is 31.5 Å². The fraction of sp³-hybridized carbons (Fsp3) is 0.375. The third-order valence-electron chi connectivity index (χ3n) is 4.24. The number of rotatable bonds is 4. The number of carbonyl (C=O) groups is 1. The second-order valence-electron chi connectivity index (χ2n) is 5.54. The number of benzene rings is 1. The van der Waals surface area contributed by atoms with Gasteiger partial charge in [0.2, 0.25) is 5.91 Å².